The zero-order valence-corrected chi connectivity index (χ0v) is 11.6. The molecule has 1 N–H and O–H groups in total. The Labute approximate surface area is 115 Å². The van der Waals surface area contributed by atoms with Gasteiger partial charge in [-0.05, 0) is 32.1 Å². The van der Waals surface area contributed by atoms with E-state index >= 15 is 0 Å². The molecule has 3 rings (SSSR count). The van der Waals surface area contributed by atoms with Crippen LogP contribution >= 0.6 is 11.8 Å². The highest BCUT2D eigenvalue weighted by molar-refractivity contribution is 7.98. The van der Waals surface area contributed by atoms with E-state index in [2.05, 4.69) is 33.3 Å². The molecule has 0 aliphatic heterocycles. The van der Waals surface area contributed by atoms with Gasteiger partial charge in [0.25, 0.3) is 0 Å². The molecule has 0 bridgehead atoms. The first-order chi connectivity index (χ1) is 9.13. The molecule has 0 aromatic carbocycles. The summed E-state index contributed by atoms with van der Waals surface area (Å²) in [5, 5.41) is 14.0. The van der Waals surface area contributed by atoms with E-state index in [4.69, 9.17) is 5.26 Å². The maximum atomic E-state index is 9.05. The Hall–Kier alpha value is -1.87. The van der Waals surface area contributed by atoms with E-state index in [0.29, 0.717) is 16.7 Å². The topological polar surface area (TPSA) is 74.5 Å². The highest BCUT2D eigenvalue weighted by Crippen LogP contribution is 2.39. The summed E-state index contributed by atoms with van der Waals surface area (Å²) in [6.45, 7) is 2.15. The summed E-state index contributed by atoms with van der Waals surface area (Å²) < 4.78 is 0. The molecule has 2 aromatic rings. The van der Waals surface area contributed by atoms with Gasteiger partial charge in [0.2, 0.25) is 0 Å². The van der Waals surface area contributed by atoms with Crippen LogP contribution in [-0.4, -0.2) is 26.7 Å². The molecule has 0 amide bonds. The lowest BCUT2D eigenvalue weighted by molar-refractivity contribution is 0.821. The van der Waals surface area contributed by atoms with Crippen molar-refractivity contribution in [2.75, 3.05) is 11.6 Å². The second-order valence-corrected chi connectivity index (χ2v) is 5.72. The summed E-state index contributed by atoms with van der Waals surface area (Å²) in [6, 6.07) is 3.80. The normalized spacial score (nSPS) is 16.1. The molecule has 1 aliphatic rings. The van der Waals surface area contributed by atoms with E-state index in [1.54, 1.807) is 12.3 Å². The van der Waals surface area contributed by atoms with Crippen LogP contribution in [0.2, 0.25) is 0 Å². The third-order valence-electron chi connectivity index (χ3n) is 3.26. The van der Waals surface area contributed by atoms with Crippen LogP contribution in [0.25, 0.3) is 10.9 Å². The number of anilines is 1. The maximum Gasteiger partial charge on any atom is 0.187 e. The van der Waals surface area contributed by atoms with Crippen LogP contribution in [0.1, 0.15) is 25.5 Å². The van der Waals surface area contributed by atoms with E-state index in [1.165, 1.54) is 11.8 Å². The summed E-state index contributed by atoms with van der Waals surface area (Å²) in [6.07, 6.45) is 5.92. The fraction of sp³-hybridized carbons (Fsp3) is 0.385. The number of nitriles is 1. The molecule has 0 spiro atoms. The largest absolute Gasteiger partial charge is 0.363 e. The number of thioether (sulfide) groups is 1. The van der Waals surface area contributed by atoms with Gasteiger partial charge in [0.15, 0.2) is 11.0 Å². The van der Waals surface area contributed by atoms with Gasteiger partial charge in [-0.3, -0.25) is 0 Å². The van der Waals surface area contributed by atoms with Crippen molar-refractivity contribution >= 4 is 28.5 Å². The number of hydrogen-bond donors (Lipinski definition) is 1. The molecular weight excluding hydrogens is 258 g/mol. The van der Waals surface area contributed by atoms with Crippen LogP contribution in [0.15, 0.2) is 17.4 Å². The van der Waals surface area contributed by atoms with Crippen molar-refractivity contribution in [3.05, 3.63) is 18.0 Å². The number of hydrogen-bond acceptors (Lipinski definition) is 6. The summed E-state index contributed by atoms with van der Waals surface area (Å²) in [5.41, 5.74) is 1.27. The molecule has 0 saturated heterocycles. The zero-order valence-electron chi connectivity index (χ0n) is 10.8. The quantitative estimate of drug-likeness (QED) is 0.683. The Kier molecular flexibility index (Phi) is 2.79. The Bertz CT molecular complexity index is 687. The van der Waals surface area contributed by atoms with Crippen LogP contribution in [0.3, 0.4) is 0 Å². The molecule has 0 radical (unpaired) electrons. The van der Waals surface area contributed by atoms with Crippen LogP contribution in [0, 0.1) is 11.3 Å². The van der Waals surface area contributed by atoms with Gasteiger partial charge < -0.3 is 5.32 Å². The minimum atomic E-state index is 0.0957. The van der Waals surface area contributed by atoms with Crippen molar-refractivity contribution in [1.29, 1.82) is 5.26 Å². The van der Waals surface area contributed by atoms with Gasteiger partial charge in [-0.2, -0.15) is 5.26 Å². The first-order valence-corrected chi connectivity index (χ1v) is 7.26. The van der Waals surface area contributed by atoms with Crippen molar-refractivity contribution in [3.63, 3.8) is 0 Å². The molecule has 0 unspecified atom stereocenters. The van der Waals surface area contributed by atoms with Crippen molar-refractivity contribution in [3.8, 4) is 6.07 Å². The fourth-order valence-corrected chi connectivity index (χ4v) is 2.21. The van der Waals surface area contributed by atoms with Crippen molar-refractivity contribution in [1.82, 2.24) is 15.0 Å². The minimum Gasteiger partial charge on any atom is -0.363 e. The number of pyridine rings is 1. The van der Waals surface area contributed by atoms with Gasteiger partial charge in [0, 0.05) is 17.1 Å². The van der Waals surface area contributed by atoms with Gasteiger partial charge in [0.05, 0.1) is 0 Å². The molecule has 2 heterocycles. The predicted octanol–water partition coefficient (Wildman–Crippen LogP) is 2.58. The first-order valence-electron chi connectivity index (χ1n) is 6.04. The first kappa shape index (κ1) is 12.2. The van der Waals surface area contributed by atoms with Crippen molar-refractivity contribution in [2.45, 2.75) is 30.5 Å². The Balaban J connectivity index is 2.17. The van der Waals surface area contributed by atoms with Gasteiger partial charge in [-0.1, -0.05) is 11.8 Å². The molecule has 2 aromatic heterocycles. The monoisotopic (exact) mass is 271 g/mol. The maximum absolute atomic E-state index is 9.05. The summed E-state index contributed by atoms with van der Waals surface area (Å²) in [4.78, 5) is 13.1. The number of aromatic nitrogens is 3. The van der Waals surface area contributed by atoms with E-state index in [-0.39, 0.29) is 5.54 Å². The van der Waals surface area contributed by atoms with Crippen LogP contribution < -0.4 is 5.32 Å². The lowest BCUT2D eigenvalue weighted by Gasteiger charge is -2.14. The van der Waals surface area contributed by atoms with Crippen LogP contribution in [0.5, 0.6) is 0 Å². The van der Waals surface area contributed by atoms with Crippen molar-refractivity contribution < 1.29 is 0 Å². The highest BCUT2D eigenvalue weighted by atomic mass is 32.2. The molecule has 5 nitrogen and oxygen atoms in total. The fourth-order valence-electron chi connectivity index (χ4n) is 1.86. The third-order valence-corrected chi connectivity index (χ3v) is 3.82. The summed E-state index contributed by atoms with van der Waals surface area (Å²) >= 11 is 1.49. The molecule has 0 atom stereocenters. The van der Waals surface area contributed by atoms with Crippen LogP contribution in [0.4, 0.5) is 5.82 Å². The van der Waals surface area contributed by atoms with E-state index in [0.717, 1.165) is 23.7 Å². The third kappa shape index (κ3) is 2.34. The Morgan fingerprint density at radius 3 is 2.84 bits per heavy atom. The highest BCUT2D eigenvalue weighted by Gasteiger charge is 2.38. The standard InChI is InChI=1S/C13H13N5S/c1-13(3-4-13)18-11-10-8(5-9(6-14)16-11)7-15-12(17-10)19-2/h5,7H,3-4H2,1-2H3,(H,16,18). The van der Waals surface area contributed by atoms with Crippen molar-refractivity contribution in [2.24, 2.45) is 0 Å². The average molecular weight is 271 g/mol. The molecular formula is C13H13N5S. The number of nitrogens with zero attached hydrogens (tertiary/aromatic N) is 4. The predicted molar refractivity (Wildman–Crippen MR) is 75.1 cm³/mol. The second-order valence-electron chi connectivity index (χ2n) is 4.95. The van der Waals surface area contributed by atoms with Gasteiger partial charge in [-0.25, -0.2) is 15.0 Å². The van der Waals surface area contributed by atoms with E-state index in [9.17, 15) is 0 Å². The molecule has 6 heteroatoms. The Morgan fingerprint density at radius 2 is 2.21 bits per heavy atom. The number of nitrogens with one attached hydrogen (secondary N) is 1. The van der Waals surface area contributed by atoms with Gasteiger partial charge in [-0.15, -0.1) is 0 Å². The molecule has 19 heavy (non-hydrogen) atoms. The lowest BCUT2D eigenvalue weighted by Crippen LogP contribution is -2.17. The summed E-state index contributed by atoms with van der Waals surface area (Å²) in [7, 11) is 0. The molecule has 1 aliphatic carbocycles. The molecule has 1 saturated carbocycles. The Morgan fingerprint density at radius 1 is 1.42 bits per heavy atom. The second kappa shape index (κ2) is 4.35. The molecule has 96 valence electrons. The lowest BCUT2D eigenvalue weighted by atomic mass is 10.2. The minimum absolute atomic E-state index is 0.0957. The number of rotatable bonds is 3. The zero-order chi connectivity index (χ0) is 13.5. The van der Waals surface area contributed by atoms with E-state index < -0.39 is 0 Å². The van der Waals surface area contributed by atoms with Crippen LogP contribution in [-0.2, 0) is 0 Å². The van der Waals surface area contributed by atoms with E-state index in [1.807, 2.05) is 6.26 Å². The average Bonchev–Trinajstić information content (AvgIpc) is 3.15. The molecule has 1 fully saturated rings. The smallest absolute Gasteiger partial charge is 0.187 e. The summed E-state index contributed by atoms with van der Waals surface area (Å²) in [5.74, 6) is 0.687. The SMILES string of the molecule is CSc1ncc2cc(C#N)nc(NC3(C)CC3)c2n1. The van der Waals surface area contributed by atoms with Gasteiger partial charge >= 0.3 is 0 Å². The van der Waals surface area contributed by atoms with Gasteiger partial charge in [0.1, 0.15) is 17.3 Å². The number of fused-ring (bicyclic) bond motifs is 1.